The molecule has 21 heavy (non-hydrogen) atoms. The Kier molecular flexibility index (Phi) is 4.22. The number of benzene rings is 1. The van der Waals surface area contributed by atoms with E-state index < -0.39 is 6.43 Å². The Balaban J connectivity index is 1.71. The molecule has 2 aliphatic rings. The number of carbonyl (C=O) groups is 1. The Hall–Kier alpha value is -1.45. The minimum atomic E-state index is -2.60. The lowest BCUT2D eigenvalue weighted by molar-refractivity contribution is 0.0770. The number of hydrogen-bond donors (Lipinski definition) is 0. The molecular weight excluding hydrogens is 272 g/mol. The highest BCUT2D eigenvalue weighted by Gasteiger charge is 2.34. The van der Waals surface area contributed by atoms with Gasteiger partial charge in [0.15, 0.2) is 0 Å². The Morgan fingerprint density at radius 2 is 1.81 bits per heavy atom. The maximum atomic E-state index is 13.0. The third kappa shape index (κ3) is 2.94. The summed E-state index contributed by atoms with van der Waals surface area (Å²) in [4.78, 5) is 14.3. The fraction of sp³-hybridized carbons (Fsp3) is 0.588. The van der Waals surface area contributed by atoms with Gasteiger partial charge in [-0.05, 0) is 24.3 Å². The van der Waals surface area contributed by atoms with E-state index in [1.54, 1.807) is 17.0 Å². The summed E-state index contributed by atoms with van der Waals surface area (Å²) in [6.07, 6.45) is 3.54. The number of likely N-dealkylation sites (tertiary alicyclic amines) is 1. The zero-order valence-electron chi connectivity index (χ0n) is 12.1. The first kappa shape index (κ1) is 14.5. The molecule has 1 saturated heterocycles. The summed E-state index contributed by atoms with van der Waals surface area (Å²) in [6.45, 7) is 1.44. The number of carbonyl (C=O) groups excluding carboxylic acids is 1. The number of nitrogens with zero attached hydrogens (tertiary/aromatic N) is 1. The maximum Gasteiger partial charge on any atom is 0.264 e. The molecule has 1 heterocycles. The van der Waals surface area contributed by atoms with Crippen LogP contribution in [-0.2, 0) is 0 Å². The van der Waals surface area contributed by atoms with E-state index in [9.17, 15) is 13.6 Å². The smallest absolute Gasteiger partial charge is 0.264 e. The summed E-state index contributed by atoms with van der Waals surface area (Å²) in [5.74, 6) is 1.06. The average molecular weight is 293 g/mol. The van der Waals surface area contributed by atoms with Crippen molar-refractivity contribution in [3.8, 4) is 0 Å². The van der Waals surface area contributed by atoms with Gasteiger partial charge >= 0.3 is 0 Å². The van der Waals surface area contributed by atoms with Crippen molar-refractivity contribution in [1.82, 2.24) is 4.90 Å². The summed E-state index contributed by atoms with van der Waals surface area (Å²) in [5, 5.41) is 0. The van der Waals surface area contributed by atoms with Crippen molar-refractivity contribution >= 4 is 5.91 Å². The molecule has 0 spiro atoms. The van der Waals surface area contributed by atoms with Gasteiger partial charge in [-0.3, -0.25) is 4.79 Å². The van der Waals surface area contributed by atoms with Gasteiger partial charge in [0.05, 0.1) is 0 Å². The van der Waals surface area contributed by atoms with Crippen LogP contribution in [0.4, 0.5) is 8.78 Å². The molecule has 1 amide bonds. The summed E-state index contributed by atoms with van der Waals surface area (Å²) < 4.78 is 26.1. The number of alkyl halides is 2. The van der Waals surface area contributed by atoms with E-state index in [0.29, 0.717) is 12.5 Å². The van der Waals surface area contributed by atoms with Crippen molar-refractivity contribution in [3.05, 3.63) is 35.4 Å². The standard InChI is InChI=1S/C17H21F2NO/c18-16(19)14-7-3-4-8-15(14)17(21)20-10-9-13(11-20)12-5-1-2-6-12/h3-4,7-8,12-13,16H,1-2,5-6,9-11H2. The normalized spacial score (nSPS) is 23.2. The second kappa shape index (κ2) is 6.12. The number of hydrogen-bond acceptors (Lipinski definition) is 1. The third-order valence-electron chi connectivity index (χ3n) is 5.00. The predicted octanol–water partition coefficient (Wildman–Crippen LogP) is 4.28. The number of halogens is 2. The van der Waals surface area contributed by atoms with Gasteiger partial charge in [0, 0.05) is 24.2 Å². The Morgan fingerprint density at radius 1 is 1.10 bits per heavy atom. The molecule has 3 rings (SSSR count). The molecule has 1 atom stereocenters. The van der Waals surface area contributed by atoms with E-state index in [1.807, 2.05) is 0 Å². The van der Waals surface area contributed by atoms with Crippen molar-refractivity contribution in [2.45, 2.75) is 38.5 Å². The van der Waals surface area contributed by atoms with Crippen molar-refractivity contribution in [1.29, 1.82) is 0 Å². The Bertz CT molecular complexity index is 511. The van der Waals surface area contributed by atoms with Gasteiger partial charge in [-0.25, -0.2) is 8.78 Å². The van der Waals surface area contributed by atoms with E-state index >= 15 is 0 Å². The van der Waals surface area contributed by atoms with Crippen LogP contribution in [0.2, 0.25) is 0 Å². The minimum absolute atomic E-state index is 0.146. The van der Waals surface area contributed by atoms with Crippen molar-refractivity contribution in [3.63, 3.8) is 0 Å². The molecule has 2 nitrogen and oxygen atoms in total. The summed E-state index contributed by atoms with van der Waals surface area (Å²) in [6, 6.07) is 6.09. The predicted molar refractivity (Wildman–Crippen MR) is 77.4 cm³/mol. The van der Waals surface area contributed by atoms with Crippen LogP contribution in [0.5, 0.6) is 0 Å². The summed E-state index contributed by atoms with van der Waals surface area (Å²) >= 11 is 0. The minimum Gasteiger partial charge on any atom is -0.338 e. The van der Waals surface area contributed by atoms with Crippen LogP contribution in [0.25, 0.3) is 0 Å². The largest absolute Gasteiger partial charge is 0.338 e. The van der Waals surface area contributed by atoms with Crippen LogP contribution in [0.15, 0.2) is 24.3 Å². The van der Waals surface area contributed by atoms with Gasteiger partial charge < -0.3 is 4.90 Å². The highest BCUT2D eigenvalue weighted by atomic mass is 19.3. The third-order valence-corrected chi connectivity index (χ3v) is 5.00. The molecule has 1 aromatic rings. The topological polar surface area (TPSA) is 20.3 Å². The van der Waals surface area contributed by atoms with Crippen LogP contribution in [0.3, 0.4) is 0 Å². The molecule has 1 aliphatic heterocycles. The number of amides is 1. The molecular formula is C17H21F2NO. The fourth-order valence-electron chi connectivity index (χ4n) is 3.84. The maximum absolute atomic E-state index is 13.0. The zero-order chi connectivity index (χ0) is 14.8. The first-order chi connectivity index (χ1) is 10.2. The second-order valence-electron chi connectivity index (χ2n) is 6.23. The molecule has 1 aliphatic carbocycles. The van der Waals surface area contributed by atoms with Gasteiger partial charge in [-0.15, -0.1) is 0 Å². The van der Waals surface area contributed by atoms with E-state index in [-0.39, 0.29) is 17.0 Å². The van der Waals surface area contributed by atoms with E-state index in [0.717, 1.165) is 18.9 Å². The molecule has 114 valence electrons. The first-order valence-corrected chi connectivity index (χ1v) is 7.83. The second-order valence-corrected chi connectivity index (χ2v) is 6.23. The molecule has 0 aromatic heterocycles. The van der Waals surface area contributed by atoms with Gasteiger partial charge in [0.25, 0.3) is 12.3 Å². The van der Waals surface area contributed by atoms with Crippen molar-refractivity contribution in [2.75, 3.05) is 13.1 Å². The lowest BCUT2D eigenvalue weighted by atomic mass is 9.90. The average Bonchev–Trinajstić information content (AvgIpc) is 3.17. The lowest BCUT2D eigenvalue weighted by Gasteiger charge is -2.21. The van der Waals surface area contributed by atoms with Gasteiger partial charge in [0.1, 0.15) is 0 Å². The van der Waals surface area contributed by atoms with Gasteiger partial charge in [0.2, 0.25) is 0 Å². The van der Waals surface area contributed by atoms with Crippen LogP contribution in [-0.4, -0.2) is 23.9 Å². The van der Waals surface area contributed by atoms with Crippen LogP contribution in [0.1, 0.15) is 54.5 Å². The summed E-state index contributed by atoms with van der Waals surface area (Å²) in [7, 11) is 0. The highest BCUT2D eigenvalue weighted by Crippen LogP contribution is 2.37. The van der Waals surface area contributed by atoms with Gasteiger partial charge in [-0.2, -0.15) is 0 Å². The van der Waals surface area contributed by atoms with Crippen molar-refractivity contribution < 1.29 is 13.6 Å². The zero-order valence-corrected chi connectivity index (χ0v) is 12.1. The molecule has 2 fully saturated rings. The van der Waals surface area contributed by atoms with E-state index in [1.165, 1.54) is 37.8 Å². The molecule has 4 heteroatoms. The monoisotopic (exact) mass is 293 g/mol. The van der Waals surface area contributed by atoms with E-state index in [2.05, 4.69) is 0 Å². The Labute approximate surface area is 124 Å². The van der Waals surface area contributed by atoms with E-state index in [4.69, 9.17) is 0 Å². The first-order valence-electron chi connectivity index (χ1n) is 7.83. The van der Waals surface area contributed by atoms with Crippen LogP contribution >= 0.6 is 0 Å². The number of rotatable bonds is 3. The SMILES string of the molecule is O=C(c1ccccc1C(F)F)N1CCC(C2CCCC2)C1. The van der Waals surface area contributed by atoms with Crippen molar-refractivity contribution in [2.24, 2.45) is 11.8 Å². The molecule has 1 unspecified atom stereocenters. The Morgan fingerprint density at radius 3 is 2.52 bits per heavy atom. The lowest BCUT2D eigenvalue weighted by Crippen LogP contribution is -2.30. The molecule has 1 saturated carbocycles. The molecule has 0 N–H and O–H groups in total. The molecule has 0 bridgehead atoms. The quantitative estimate of drug-likeness (QED) is 0.814. The highest BCUT2D eigenvalue weighted by molar-refractivity contribution is 5.96. The van der Waals surface area contributed by atoms with Crippen LogP contribution in [0, 0.1) is 11.8 Å². The molecule has 0 radical (unpaired) electrons. The molecule has 1 aromatic carbocycles. The summed E-state index contributed by atoms with van der Waals surface area (Å²) in [5.41, 5.74) is 0.0198. The fourth-order valence-corrected chi connectivity index (χ4v) is 3.84. The van der Waals surface area contributed by atoms with Crippen LogP contribution < -0.4 is 0 Å². The van der Waals surface area contributed by atoms with Gasteiger partial charge in [-0.1, -0.05) is 43.9 Å².